The molecule has 152 valence electrons. The zero-order chi connectivity index (χ0) is 21.3. The van der Waals surface area contributed by atoms with Crippen molar-refractivity contribution in [1.29, 1.82) is 0 Å². The van der Waals surface area contributed by atoms with Gasteiger partial charge >= 0.3 is 5.97 Å². The lowest BCUT2D eigenvalue weighted by atomic mass is 9.78. The first-order chi connectivity index (χ1) is 12.8. The summed E-state index contributed by atoms with van der Waals surface area (Å²) >= 11 is 0. The quantitative estimate of drug-likeness (QED) is 0.532. The fourth-order valence-corrected chi connectivity index (χ4v) is 3.26. The average Bonchev–Trinajstić information content (AvgIpc) is 2.60. The molecular weight excluding hydrogens is 348 g/mol. The fourth-order valence-electron chi connectivity index (χ4n) is 3.26. The van der Waals surface area contributed by atoms with Crippen molar-refractivity contribution in [1.82, 2.24) is 0 Å². The molecule has 0 bridgehead atoms. The van der Waals surface area contributed by atoms with Gasteiger partial charge in [-0.05, 0) is 30.2 Å². The van der Waals surface area contributed by atoms with Gasteiger partial charge in [-0.15, -0.1) is 0 Å². The van der Waals surface area contributed by atoms with E-state index in [1.54, 1.807) is 6.92 Å². The molecule has 0 aromatic heterocycles. The minimum atomic E-state index is -0.907. The number of carbonyl (C=O) groups excluding carboxylic acids is 1. The van der Waals surface area contributed by atoms with Crippen molar-refractivity contribution >= 4 is 5.97 Å². The SMILES string of the molecule is Cc1cc(C(C)(C)C)c(OC(=O)[C@@H](C)[C@H](O)c2ccccc2)c(C(C)(C)C)c1. The molecule has 3 nitrogen and oxygen atoms in total. The summed E-state index contributed by atoms with van der Waals surface area (Å²) in [4.78, 5) is 13.0. The highest BCUT2D eigenvalue weighted by Gasteiger charge is 2.31. The molecule has 0 spiro atoms. The molecule has 1 N–H and O–H groups in total. The third-order valence-electron chi connectivity index (χ3n) is 5.04. The van der Waals surface area contributed by atoms with E-state index in [4.69, 9.17) is 4.74 Å². The maximum atomic E-state index is 13.0. The van der Waals surface area contributed by atoms with Crippen molar-refractivity contribution in [3.8, 4) is 5.75 Å². The van der Waals surface area contributed by atoms with E-state index in [9.17, 15) is 9.90 Å². The van der Waals surface area contributed by atoms with E-state index in [1.165, 1.54) is 0 Å². The van der Waals surface area contributed by atoms with Crippen LogP contribution >= 0.6 is 0 Å². The van der Waals surface area contributed by atoms with Gasteiger partial charge < -0.3 is 9.84 Å². The van der Waals surface area contributed by atoms with Gasteiger partial charge in [0.25, 0.3) is 0 Å². The van der Waals surface area contributed by atoms with Gasteiger partial charge in [0.1, 0.15) is 5.75 Å². The second-order valence-electron chi connectivity index (χ2n) is 9.75. The molecule has 0 heterocycles. The molecule has 0 saturated carbocycles. The van der Waals surface area contributed by atoms with Crippen LogP contribution in [0, 0.1) is 12.8 Å². The van der Waals surface area contributed by atoms with Gasteiger partial charge in [0.2, 0.25) is 0 Å². The Balaban J connectivity index is 2.45. The smallest absolute Gasteiger partial charge is 0.317 e. The second-order valence-corrected chi connectivity index (χ2v) is 9.75. The van der Waals surface area contributed by atoms with E-state index >= 15 is 0 Å². The minimum absolute atomic E-state index is 0.178. The number of ether oxygens (including phenoxy) is 1. The lowest BCUT2D eigenvalue weighted by Gasteiger charge is -2.30. The highest BCUT2D eigenvalue weighted by molar-refractivity contribution is 5.77. The van der Waals surface area contributed by atoms with E-state index in [0.29, 0.717) is 11.3 Å². The minimum Gasteiger partial charge on any atom is -0.426 e. The van der Waals surface area contributed by atoms with Crippen LogP contribution in [0.2, 0.25) is 0 Å². The van der Waals surface area contributed by atoms with Crippen molar-refractivity contribution in [2.24, 2.45) is 5.92 Å². The number of aliphatic hydroxyl groups is 1. The van der Waals surface area contributed by atoms with Crippen LogP contribution in [-0.2, 0) is 15.6 Å². The Hall–Kier alpha value is -2.13. The number of hydrogen-bond donors (Lipinski definition) is 1. The Morgan fingerprint density at radius 3 is 1.82 bits per heavy atom. The van der Waals surface area contributed by atoms with Gasteiger partial charge in [-0.2, -0.15) is 0 Å². The van der Waals surface area contributed by atoms with Crippen molar-refractivity contribution in [3.05, 3.63) is 64.7 Å². The normalized spacial score (nSPS) is 14.5. The zero-order valence-electron chi connectivity index (χ0n) is 18.5. The van der Waals surface area contributed by atoms with Gasteiger partial charge in [-0.1, -0.05) is 89.6 Å². The molecular formula is C25H34O3. The predicted octanol–water partition coefficient (Wildman–Crippen LogP) is 5.87. The van der Waals surface area contributed by atoms with Crippen molar-refractivity contribution in [2.45, 2.75) is 72.3 Å². The van der Waals surface area contributed by atoms with Crippen LogP contribution in [-0.4, -0.2) is 11.1 Å². The van der Waals surface area contributed by atoms with Gasteiger partial charge in [0, 0.05) is 11.1 Å². The summed E-state index contributed by atoms with van der Waals surface area (Å²) in [5, 5.41) is 10.6. The molecule has 0 saturated heterocycles. The molecule has 2 atom stereocenters. The Morgan fingerprint density at radius 1 is 0.929 bits per heavy atom. The van der Waals surface area contributed by atoms with Crippen LogP contribution in [0.15, 0.2) is 42.5 Å². The Kier molecular flexibility index (Phi) is 6.40. The summed E-state index contributed by atoms with van der Waals surface area (Å²) in [5.41, 5.74) is 3.51. The molecule has 0 aliphatic rings. The third-order valence-corrected chi connectivity index (χ3v) is 5.04. The summed E-state index contributed by atoms with van der Waals surface area (Å²) in [7, 11) is 0. The molecule has 2 aromatic rings. The van der Waals surface area contributed by atoms with Crippen molar-refractivity contribution in [3.63, 3.8) is 0 Å². The molecule has 0 aliphatic heterocycles. The summed E-state index contributed by atoms with van der Waals surface area (Å²) in [5.74, 6) is -0.469. The first-order valence-corrected chi connectivity index (χ1v) is 9.92. The first-order valence-electron chi connectivity index (χ1n) is 9.92. The number of aryl methyl sites for hydroxylation is 1. The molecule has 0 amide bonds. The average molecular weight is 383 g/mol. The summed E-state index contributed by atoms with van der Waals surface area (Å²) in [6.07, 6.45) is -0.907. The second kappa shape index (κ2) is 8.08. The summed E-state index contributed by atoms with van der Waals surface area (Å²) < 4.78 is 5.99. The maximum Gasteiger partial charge on any atom is 0.317 e. The van der Waals surface area contributed by atoms with E-state index in [-0.39, 0.29) is 10.8 Å². The van der Waals surface area contributed by atoms with E-state index in [2.05, 4.69) is 60.6 Å². The van der Waals surface area contributed by atoms with Gasteiger partial charge in [0.15, 0.2) is 0 Å². The van der Waals surface area contributed by atoms with E-state index in [1.807, 2.05) is 30.3 Å². The Morgan fingerprint density at radius 2 is 1.39 bits per heavy atom. The third kappa shape index (κ3) is 5.02. The van der Waals surface area contributed by atoms with Gasteiger partial charge in [-0.25, -0.2) is 0 Å². The van der Waals surface area contributed by atoms with Gasteiger partial charge in [-0.3, -0.25) is 4.79 Å². The van der Waals surface area contributed by atoms with Crippen LogP contribution in [0.25, 0.3) is 0 Å². The van der Waals surface area contributed by atoms with Crippen molar-refractivity contribution in [2.75, 3.05) is 0 Å². The van der Waals surface area contributed by atoms with Crippen molar-refractivity contribution < 1.29 is 14.6 Å². The van der Waals surface area contributed by atoms with Crippen LogP contribution in [0.1, 0.15) is 76.8 Å². The highest BCUT2D eigenvalue weighted by Crippen LogP contribution is 2.41. The number of carbonyl (C=O) groups is 1. The summed E-state index contributed by atoms with van der Waals surface area (Å²) in [6, 6.07) is 13.4. The van der Waals surface area contributed by atoms with Crippen LogP contribution < -0.4 is 4.74 Å². The molecule has 3 heteroatoms. The van der Waals surface area contributed by atoms with Crippen LogP contribution in [0.4, 0.5) is 0 Å². The standard InChI is InChI=1S/C25H34O3/c1-16-14-19(24(3,4)5)22(20(15-16)25(6,7)8)28-23(27)17(2)21(26)18-12-10-9-11-13-18/h9-15,17,21,26H,1-8H3/t17-,21-/m0/s1. The Bertz CT molecular complexity index is 788. The molecule has 2 rings (SSSR count). The highest BCUT2D eigenvalue weighted by atomic mass is 16.5. The largest absolute Gasteiger partial charge is 0.426 e. The molecule has 0 radical (unpaired) electrons. The number of rotatable bonds is 4. The predicted molar refractivity (Wildman–Crippen MR) is 115 cm³/mol. The molecule has 0 unspecified atom stereocenters. The lowest BCUT2D eigenvalue weighted by Crippen LogP contribution is -2.27. The van der Waals surface area contributed by atoms with E-state index < -0.39 is 18.0 Å². The fraction of sp³-hybridized carbons (Fsp3) is 0.480. The number of hydrogen-bond acceptors (Lipinski definition) is 3. The summed E-state index contributed by atoms with van der Waals surface area (Å²) in [6.45, 7) is 16.5. The van der Waals surface area contributed by atoms with Crippen LogP contribution in [0.3, 0.4) is 0 Å². The molecule has 0 fully saturated rings. The van der Waals surface area contributed by atoms with E-state index in [0.717, 1.165) is 16.7 Å². The first kappa shape index (κ1) is 22.2. The monoisotopic (exact) mass is 382 g/mol. The molecule has 2 aromatic carbocycles. The Labute approximate surface area is 169 Å². The van der Waals surface area contributed by atoms with Crippen LogP contribution in [0.5, 0.6) is 5.75 Å². The maximum absolute atomic E-state index is 13.0. The molecule has 28 heavy (non-hydrogen) atoms. The zero-order valence-corrected chi connectivity index (χ0v) is 18.5. The molecule has 0 aliphatic carbocycles. The van der Waals surface area contributed by atoms with Gasteiger partial charge in [0.05, 0.1) is 12.0 Å². The number of esters is 1. The topological polar surface area (TPSA) is 46.5 Å². The number of aliphatic hydroxyl groups excluding tert-OH is 1. The lowest BCUT2D eigenvalue weighted by molar-refractivity contribution is -0.142. The number of benzene rings is 2.